The largest absolute Gasteiger partial charge is 0.292 e. The number of anilines is 1. The Morgan fingerprint density at radius 2 is 2.00 bits per heavy atom. The maximum Gasteiger partial charge on any atom is 0.249 e. The minimum Gasteiger partial charge on any atom is -0.292 e. The molecule has 1 aromatic carbocycles. The molecule has 0 saturated heterocycles. The second-order valence-electron chi connectivity index (χ2n) is 4.92. The molecular formula is C14H15N5O. The van der Waals surface area contributed by atoms with Crippen molar-refractivity contribution in [1.29, 1.82) is 5.26 Å². The van der Waals surface area contributed by atoms with Crippen LogP contribution in [0.1, 0.15) is 19.7 Å². The number of carbonyl (C=O) groups is 1. The number of nitrogens with one attached hydrogen (secondary N) is 1. The van der Waals surface area contributed by atoms with Gasteiger partial charge in [-0.1, -0.05) is 18.2 Å². The fourth-order valence-corrected chi connectivity index (χ4v) is 1.57. The van der Waals surface area contributed by atoms with Crippen molar-refractivity contribution in [3.8, 4) is 11.8 Å². The Balaban J connectivity index is 2.25. The molecule has 0 aliphatic carbocycles. The molecule has 102 valence electrons. The van der Waals surface area contributed by atoms with Gasteiger partial charge in [-0.05, 0) is 32.9 Å². The van der Waals surface area contributed by atoms with Crippen LogP contribution < -0.4 is 5.32 Å². The van der Waals surface area contributed by atoms with Crippen LogP contribution in [-0.2, 0) is 4.79 Å². The lowest BCUT2D eigenvalue weighted by Gasteiger charge is -2.12. The minimum absolute atomic E-state index is 0.194. The van der Waals surface area contributed by atoms with Crippen molar-refractivity contribution in [3.63, 3.8) is 0 Å². The molecule has 1 aromatic heterocycles. The van der Waals surface area contributed by atoms with Crippen molar-refractivity contribution in [2.24, 2.45) is 5.41 Å². The molecule has 1 heterocycles. The van der Waals surface area contributed by atoms with E-state index in [0.717, 1.165) is 5.69 Å². The number of hydrogen-bond acceptors (Lipinski definition) is 4. The van der Waals surface area contributed by atoms with Crippen LogP contribution in [0.5, 0.6) is 0 Å². The fraction of sp³-hybridized carbons (Fsp3) is 0.286. The van der Waals surface area contributed by atoms with E-state index in [1.54, 1.807) is 25.5 Å². The molecular weight excluding hydrogens is 254 g/mol. The quantitative estimate of drug-likeness (QED) is 0.924. The molecule has 0 bridgehead atoms. The van der Waals surface area contributed by atoms with Gasteiger partial charge in [0.25, 0.3) is 0 Å². The maximum atomic E-state index is 11.9. The van der Waals surface area contributed by atoms with Crippen LogP contribution in [0, 0.1) is 23.7 Å². The van der Waals surface area contributed by atoms with Gasteiger partial charge in [-0.25, -0.2) is 4.68 Å². The van der Waals surface area contributed by atoms with E-state index in [9.17, 15) is 4.79 Å². The van der Waals surface area contributed by atoms with Gasteiger partial charge in [0, 0.05) is 0 Å². The Kier molecular flexibility index (Phi) is 3.53. The fourth-order valence-electron chi connectivity index (χ4n) is 1.57. The summed E-state index contributed by atoms with van der Waals surface area (Å²) in [6.45, 7) is 4.89. The van der Waals surface area contributed by atoms with Crippen LogP contribution in [0.3, 0.4) is 0 Å². The summed E-state index contributed by atoms with van der Waals surface area (Å²) in [6, 6.07) is 11.4. The van der Waals surface area contributed by atoms with Gasteiger partial charge in [0.15, 0.2) is 0 Å². The average Bonchev–Trinajstić information content (AvgIpc) is 2.80. The molecule has 2 aromatic rings. The number of aromatic nitrogens is 3. The SMILES string of the molecule is Cc1nc(NC(=O)C(C)(C)C#N)nn1-c1ccccc1. The molecule has 0 atom stereocenters. The van der Waals surface area contributed by atoms with Gasteiger partial charge < -0.3 is 0 Å². The van der Waals surface area contributed by atoms with E-state index in [1.165, 1.54) is 0 Å². The van der Waals surface area contributed by atoms with Gasteiger partial charge in [-0.2, -0.15) is 10.2 Å². The summed E-state index contributed by atoms with van der Waals surface area (Å²) in [6.07, 6.45) is 0. The molecule has 0 radical (unpaired) electrons. The van der Waals surface area contributed by atoms with Crippen molar-refractivity contribution in [2.75, 3.05) is 5.32 Å². The first-order valence-corrected chi connectivity index (χ1v) is 6.16. The summed E-state index contributed by atoms with van der Waals surface area (Å²) >= 11 is 0. The molecule has 6 nitrogen and oxygen atoms in total. The monoisotopic (exact) mass is 269 g/mol. The van der Waals surface area contributed by atoms with Crippen LogP contribution in [0.4, 0.5) is 5.95 Å². The molecule has 0 spiro atoms. The van der Waals surface area contributed by atoms with Gasteiger partial charge in [0.05, 0.1) is 11.8 Å². The van der Waals surface area contributed by atoms with Gasteiger partial charge in [-0.3, -0.25) is 10.1 Å². The van der Waals surface area contributed by atoms with Crippen LogP contribution in [0.25, 0.3) is 5.69 Å². The van der Waals surface area contributed by atoms with Crippen LogP contribution >= 0.6 is 0 Å². The second-order valence-corrected chi connectivity index (χ2v) is 4.92. The standard InChI is InChI=1S/C14H15N5O/c1-10-16-13(17-12(20)14(2,3)9-15)18-19(10)11-7-5-4-6-8-11/h4-8H,1-3H3,(H,17,18,20). The van der Waals surface area contributed by atoms with E-state index >= 15 is 0 Å². The normalized spacial score (nSPS) is 10.9. The summed E-state index contributed by atoms with van der Waals surface area (Å²) in [7, 11) is 0. The number of aryl methyl sites for hydroxylation is 1. The van der Waals surface area contributed by atoms with E-state index < -0.39 is 11.3 Å². The number of amides is 1. The predicted octanol–water partition coefficient (Wildman–Crippen LogP) is 2.06. The zero-order valence-corrected chi connectivity index (χ0v) is 11.6. The summed E-state index contributed by atoms with van der Waals surface area (Å²) in [5.41, 5.74) is -0.260. The molecule has 0 fully saturated rings. The van der Waals surface area contributed by atoms with E-state index in [1.807, 2.05) is 36.4 Å². The Morgan fingerprint density at radius 3 is 2.60 bits per heavy atom. The first-order valence-electron chi connectivity index (χ1n) is 6.16. The van der Waals surface area contributed by atoms with Crippen molar-refractivity contribution in [3.05, 3.63) is 36.2 Å². The molecule has 2 rings (SSSR count). The molecule has 1 amide bonds. The molecule has 0 aliphatic heterocycles. The summed E-state index contributed by atoms with van der Waals surface area (Å²) in [4.78, 5) is 16.1. The number of hydrogen-bond donors (Lipinski definition) is 1. The van der Waals surface area contributed by atoms with E-state index in [0.29, 0.717) is 5.82 Å². The third-order valence-electron chi connectivity index (χ3n) is 2.84. The predicted molar refractivity (Wildman–Crippen MR) is 74.1 cm³/mol. The number of nitriles is 1. The Labute approximate surface area is 117 Å². The molecule has 0 saturated carbocycles. The van der Waals surface area contributed by atoms with E-state index in [-0.39, 0.29) is 5.95 Å². The Morgan fingerprint density at radius 1 is 1.35 bits per heavy atom. The van der Waals surface area contributed by atoms with E-state index in [2.05, 4.69) is 15.4 Å². The smallest absolute Gasteiger partial charge is 0.249 e. The lowest BCUT2D eigenvalue weighted by atomic mass is 9.95. The Bertz CT molecular complexity index is 667. The van der Waals surface area contributed by atoms with Gasteiger partial charge in [-0.15, -0.1) is 5.10 Å². The highest BCUT2D eigenvalue weighted by Gasteiger charge is 2.28. The van der Waals surface area contributed by atoms with Gasteiger partial charge >= 0.3 is 0 Å². The number of rotatable bonds is 3. The molecule has 6 heteroatoms. The van der Waals surface area contributed by atoms with Crippen LogP contribution in [-0.4, -0.2) is 20.7 Å². The van der Waals surface area contributed by atoms with Crippen molar-refractivity contribution < 1.29 is 4.79 Å². The maximum absolute atomic E-state index is 11.9. The highest BCUT2D eigenvalue weighted by atomic mass is 16.2. The lowest BCUT2D eigenvalue weighted by molar-refractivity contribution is -0.121. The number of nitrogens with zero attached hydrogens (tertiary/aromatic N) is 4. The van der Waals surface area contributed by atoms with Crippen LogP contribution in [0.2, 0.25) is 0 Å². The topological polar surface area (TPSA) is 83.6 Å². The van der Waals surface area contributed by atoms with Crippen LogP contribution in [0.15, 0.2) is 30.3 Å². The first-order chi connectivity index (χ1) is 9.44. The Hall–Kier alpha value is -2.68. The van der Waals surface area contributed by atoms with E-state index in [4.69, 9.17) is 5.26 Å². The minimum atomic E-state index is -1.12. The highest BCUT2D eigenvalue weighted by Crippen LogP contribution is 2.17. The molecule has 20 heavy (non-hydrogen) atoms. The number of para-hydroxylation sites is 1. The number of benzene rings is 1. The molecule has 0 unspecified atom stereocenters. The van der Waals surface area contributed by atoms with Gasteiger partial charge in [0.2, 0.25) is 11.9 Å². The van der Waals surface area contributed by atoms with Crippen molar-refractivity contribution in [1.82, 2.24) is 14.8 Å². The summed E-state index contributed by atoms with van der Waals surface area (Å²) in [5.74, 6) is 0.422. The molecule has 1 N–H and O–H groups in total. The van der Waals surface area contributed by atoms with Crippen molar-refractivity contribution >= 4 is 11.9 Å². The third kappa shape index (κ3) is 2.67. The summed E-state index contributed by atoms with van der Waals surface area (Å²) < 4.78 is 1.63. The molecule has 0 aliphatic rings. The average molecular weight is 269 g/mol. The second kappa shape index (κ2) is 5.13. The lowest BCUT2D eigenvalue weighted by Crippen LogP contribution is -2.29. The highest BCUT2D eigenvalue weighted by molar-refractivity contribution is 5.95. The number of carbonyl (C=O) groups excluding carboxylic acids is 1. The third-order valence-corrected chi connectivity index (χ3v) is 2.84. The first kappa shape index (κ1) is 13.7. The van der Waals surface area contributed by atoms with Crippen molar-refractivity contribution in [2.45, 2.75) is 20.8 Å². The zero-order valence-electron chi connectivity index (χ0n) is 11.6. The summed E-state index contributed by atoms with van der Waals surface area (Å²) in [5, 5.41) is 15.7. The van der Waals surface area contributed by atoms with Gasteiger partial charge in [0.1, 0.15) is 11.2 Å². The zero-order chi connectivity index (χ0) is 14.8.